The van der Waals surface area contributed by atoms with E-state index in [0.717, 1.165) is 24.0 Å². The number of nitrogens with one attached hydrogen (secondary N) is 1. The minimum absolute atomic E-state index is 0.0426. The van der Waals surface area contributed by atoms with Crippen LogP contribution in [0.4, 0.5) is 4.39 Å². The first kappa shape index (κ1) is 16.0. The van der Waals surface area contributed by atoms with E-state index < -0.39 is 0 Å². The summed E-state index contributed by atoms with van der Waals surface area (Å²) in [5.41, 5.74) is 3.31. The van der Waals surface area contributed by atoms with Gasteiger partial charge in [-0.1, -0.05) is 36.4 Å². The second kappa shape index (κ2) is 6.18. The SMILES string of the molecule is O=C([C@H]1C[C@H]2N[C@H]2CO1)N1CCc2ccccc2[C@@H]1c1ccc(F)cc1. The Balaban J connectivity index is 1.50. The molecule has 5 rings (SSSR count). The Morgan fingerprint density at radius 1 is 1.12 bits per heavy atom. The van der Waals surface area contributed by atoms with E-state index >= 15 is 0 Å². The smallest absolute Gasteiger partial charge is 0.252 e. The highest BCUT2D eigenvalue weighted by molar-refractivity contribution is 5.82. The highest BCUT2D eigenvalue weighted by atomic mass is 19.1. The van der Waals surface area contributed by atoms with Gasteiger partial charge < -0.3 is 15.0 Å². The summed E-state index contributed by atoms with van der Waals surface area (Å²) in [6.07, 6.45) is 1.17. The van der Waals surface area contributed by atoms with Crippen molar-refractivity contribution in [1.29, 1.82) is 0 Å². The molecule has 3 heterocycles. The van der Waals surface area contributed by atoms with Crippen molar-refractivity contribution in [2.75, 3.05) is 13.2 Å². The van der Waals surface area contributed by atoms with E-state index in [1.807, 2.05) is 17.0 Å². The molecule has 0 bridgehead atoms. The van der Waals surface area contributed by atoms with Gasteiger partial charge in [0.15, 0.2) is 0 Å². The van der Waals surface area contributed by atoms with Crippen LogP contribution in [0.2, 0.25) is 0 Å². The zero-order valence-electron chi connectivity index (χ0n) is 14.4. The van der Waals surface area contributed by atoms with Gasteiger partial charge in [0.2, 0.25) is 0 Å². The number of amides is 1. The van der Waals surface area contributed by atoms with Gasteiger partial charge in [-0.15, -0.1) is 0 Å². The largest absolute Gasteiger partial charge is 0.367 e. The van der Waals surface area contributed by atoms with Gasteiger partial charge in [0, 0.05) is 18.6 Å². The molecule has 0 spiro atoms. The van der Waals surface area contributed by atoms with Gasteiger partial charge in [-0.3, -0.25) is 4.79 Å². The quantitative estimate of drug-likeness (QED) is 0.845. The Kier molecular flexibility index (Phi) is 3.80. The predicted octanol–water partition coefficient (Wildman–Crippen LogP) is 2.43. The maximum Gasteiger partial charge on any atom is 0.252 e. The monoisotopic (exact) mass is 352 g/mol. The molecule has 1 N–H and O–H groups in total. The summed E-state index contributed by atoms with van der Waals surface area (Å²) in [5.74, 6) is -0.224. The molecule has 1 amide bonds. The molecule has 134 valence electrons. The summed E-state index contributed by atoms with van der Waals surface area (Å²) in [5, 5.41) is 3.35. The van der Waals surface area contributed by atoms with Gasteiger partial charge in [0.25, 0.3) is 5.91 Å². The van der Waals surface area contributed by atoms with Crippen LogP contribution in [0, 0.1) is 5.82 Å². The van der Waals surface area contributed by atoms with E-state index in [1.165, 1.54) is 17.7 Å². The Labute approximate surface area is 152 Å². The van der Waals surface area contributed by atoms with Crippen molar-refractivity contribution >= 4 is 5.91 Å². The van der Waals surface area contributed by atoms with Crippen molar-refractivity contribution < 1.29 is 13.9 Å². The summed E-state index contributed by atoms with van der Waals surface area (Å²) in [6, 6.07) is 15.4. The molecule has 3 aliphatic rings. The summed E-state index contributed by atoms with van der Waals surface area (Å²) in [6.45, 7) is 1.26. The van der Waals surface area contributed by atoms with Crippen molar-refractivity contribution in [3.63, 3.8) is 0 Å². The highest BCUT2D eigenvalue weighted by Gasteiger charge is 2.46. The molecular weight excluding hydrogens is 331 g/mol. The van der Waals surface area contributed by atoms with E-state index in [0.29, 0.717) is 25.2 Å². The van der Waals surface area contributed by atoms with Gasteiger partial charge in [-0.25, -0.2) is 4.39 Å². The van der Waals surface area contributed by atoms with Crippen LogP contribution in [-0.4, -0.2) is 42.1 Å². The highest BCUT2D eigenvalue weighted by Crippen LogP contribution is 2.37. The molecule has 4 atom stereocenters. The molecule has 26 heavy (non-hydrogen) atoms. The number of rotatable bonds is 2. The normalized spacial score (nSPS) is 29.7. The third kappa shape index (κ3) is 2.72. The maximum absolute atomic E-state index is 13.4. The van der Waals surface area contributed by atoms with E-state index in [4.69, 9.17) is 4.74 Å². The van der Waals surface area contributed by atoms with Crippen LogP contribution >= 0.6 is 0 Å². The van der Waals surface area contributed by atoms with Gasteiger partial charge in [0.05, 0.1) is 12.6 Å². The Bertz CT molecular complexity index is 838. The lowest BCUT2D eigenvalue weighted by molar-refractivity contribution is -0.147. The predicted molar refractivity (Wildman–Crippen MR) is 95.2 cm³/mol. The molecule has 2 saturated heterocycles. The lowest BCUT2D eigenvalue weighted by atomic mass is 9.87. The number of halogens is 1. The molecule has 2 aromatic carbocycles. The Morgan fingerprint density at radius 2 is 1.92 bits per heavy atom. The number of carbonyl (C=O) groups is 1. The van der Waals surface area contributed by atoms with E-state index in [1.54, 1.807) is 12.1 Å². The number of ether oxygens (including phenoxy) is 1. The summed E-state index contributed by atoms with van der Waals surface area (Å²) in [7, 11) is 0. The number of nitrogens with zero attached hydrogens (tertiary/aromatic N) is 1. The third-order valence-electron chi connectivity index (χ3n) is 5.78. The minimum Gasteiger partial charge on any atom is -0.367 e. The molecule has 5 heteroatoms. The van der Waals surface area contributed by atoms with Crippen molar-refractivity contribution in [3.8, 4) is 0 Å². The molecule has 0 aliphatic carbocycles. The second-order valence-electron chi connectivity index (χ2n) is 7.37. The summed E-state index contributed by atoms with van der Waals surface area (Å²) >= 11 is 0. The number of carbonyl (C=O) groups excluding carboxylic acids is 1. The van der Waals surface area contributed by atoms with E-state index in [9.17, 15) is 9.18 Å². The summed E-state index contributed by atoms with van der Waals surface area (Å²) < 4.78 is 19.3. The first-order chi connectivity index (χ1) is 12.7. The fourth-order valence-corrected chi connectivity index (χ4v) is 4.30. The van der Waals surface area contributed by atoms with Gasteiger partial charge >= 0.3 is 0 Å². The second-order valence-corrected chi connectivity index (χ2v) is 7.37. The number of benzene rings is 2. The summed E-state index contributed by atoms with van der Waals surface area (Å²) in [4.78, 5) is 15.2. The van der Waals surface area contributed by atoms with Gasteiger partial charge in [0.1, 0.15) is 11.9 Å². The Morgan fingerprint density at radius 3 is 2.73 bits per heavy atom. The fourth-order valence-electron chi connectivity index (χ4n) is 4.30. The number of fused-ring (bicyclic) bond motifs is 2. The first-order valence-corrected chi connectivity index (χ1v) is 9.22. The van der Waals surface area contributed by atoms with Crippen LogP contribution in [0.5, 0.6) is 0 Å². The number of hydrogen-bond donors (Lipinski definition) is 1. The molecule has 0 saturated carbocycles. The average Bonchev–Trinajstić information content (AvgIpc) is 3.46. The van der Waals surface area contributed by atoms with Crippen LogP contribution in [-0.2, 0) is 16.0 Å². The molecule has 2 fully saturated rings. The van der Waals surface area contributed by atoms with Crippen molar-refractivity contribution in [2.24, 2.45) is 0 Å². The molecule has 4 nitrogen and oxygen atoms in total. The van der Waals surface area contributed by atoms with Crippen molar-refractivity contribution in [1.82, 2.24) is 10.2 Å². The van der Waals surface area contributed by atoms with Gasteiger partial charge in [-0.05, 0) is 41.7 Å². The zero-order valence-corrected chi connectivity index (χ0v) is 14.4. The molecule has 2 aromatic rings. The fraction of sp³-hybridized carbons (Fsp3) is 0.381. The van der Waals surface area contributed by atoms with Crippen LogP contribution in [0.25, 0.3) is 0 Å². The van der Waals surface area contributed by atoms with Gasteiger partial charge in [-0.2, -0.15) is 0 Å². The van der Waals surface area contributed by atoms with E-state index in [2.05, 4.69) is 17.4 Å². The average molecular weight is 352 g/mol. The van der Waals surface area contributed by atoms with E-state index in [-0.39, 0.29) is 23.9 Å². The zero-order chi connectivity index (χ0) is 17.7. The van der Waals surface area contributed by atoms with Crippen molar-refractivity contribution in [3.05, 3.63) is 71.0 Å². The molecule has 0 aromatic heterocycles. The third-order valence-corrected chi connectivity index (χ3v) is 5.78. The lowest BCUT2D eigenvalue weighted by Gasteiger charge is -2.39. The van der Waals surface area contributed by atoms with Crippen LogP contribution in [0.15, 0.2) is 48.5 Å². The standard InChI is InChI=1S/C21H21FN2O2/c22-15-7-5-14(6-8-15)20-16-4-2-1-3-13(16)9-10-24(20)21(25)19-11-17-18(23-17)12-26-19/h1-8,17-20,23H,9-12H2/t17-,18+,19-,20+/m1/s1. The molecule has 0 unspecified atom stereocenters. The first-order valence-electron chi connectivity index (χ1n) is 9.22. The minimum atomic E-state index is -0.389. The topological polar surface area (TPSA) is 51.5 Å². The van der Waals surface area contributed by atoms with Crippen molar-refractivity contribution in [2.45, 2.75) is 37.1 Å². The number of hydrogen-bond acceptors (Lipinski definition) is 3. The van der Waals surface area contributed by atoms with Crippen LogP contribution < -0.4 is 5.32 Å². The van der Waals surface area contributed by atoms with Crippen LogP contribution in [0.1, 0.15) is 29.2 Å². The van der Waals surface area contributed by atoms with Crippen LogP contribution in [0.3, 0.4) is 0 Å². The molecule has 3 aliphatic heterocycles. The molecule has 0 radical (unpaired) electrons. The maximum atomic E-state index is 13.4. The Hall–Kier alpha value is -2.24. The lowest BCUT2D eigenvalue weighted by Crippen LogP contribution is -2.48. The molecular formula is C21H21FN2O2.